The summed E-state index contributed by atoms with van der Waals surface area (Å²) in [6, 6.07) is 6.58. The molecule has 0 radical (unpaired) electrons. The third-order valence-corrected chi connectivity index (χ3v) is 8.58. The molecule has 2 unspecified atom stereocenters. The average Bonchev–Trinajstić information content (AvgIpc) is 3.57. The molecule has 0 aromatic carbocycles. The SMILES string of the molecule is CCc1c(C)c2cc3[nH]c(cc4nc(c(C)c5nc(cc1[nH]2)C(C)=C5)C(CCC(=O)O)C4C)c(C)c3CC. The van der Waals surface area contributed by atoms with Crippen LogP contribution in [0.25, 0.3) is 33.7 Å². The number of carboxylic acid groups (broad SMARTS) is 1. The normalized spacial score (nSPS) is 17.1. The van der Waals surface area contributed by atoms with Gasteiger partial charge in [-0.2, -0.15) is 0 Å². The van der Waals surface area contributed by atoms with Gasteiger partial charge < -0.3 is 15.1 Å². The number of nitrogens with one attached hydrogen (secondary N) is 2. The summed E-state index contributed by atoms with van der Waals surface area (Å²) >= 11 is 0. The molecule has 0 aliphatic carbocycles. The number of carbonyl (C=O) groups is 1. The number of nitrogens with zero attached hydrogens (tertiary/aromatic N) is 2. The third-order valence-electron chi connectivity index (χ3n) is 8.58. The highest BCUT2D eigenvalue weighted by molar-refractivity contribution is 5.85. The lowest BCUT2D eigenvalue weighted by Crippen LogP contribution is -2.07. The number of allylic oxidation sites excluding steroid dienone is 1. The predicted molar refractivity (Wildman–Crippen MR) is 156 cm³/mol. The average molecular weight is 511 g/mol. The maximum Gasteiger partial charge on any atom is 0.303 e. The second kappa shape index (κ2) is 9.90. The highest BCUT2D eigenvalue weighted by atomic mass is 16.4. The first kappa shape index (κ1) is 26.0. The first-order valence-electron chi connectivity index (χ1n) is 13.8. The Morgan fingerprint density at radius 1 is 0.868 bits per heavy atom. The van der Waals surface area contributed by atoms with Crippen LogP contribution in [0.3, 0.4) is 0 Å². The number of H-pyrrole nitrogens is 2. The molecule has 2 aliphatic heterocycles. The molecule has 3 aromatic rings. The summed E-state index contributed by atoms with van der Waals surface area (Å²) < 4.78 is 0. The second-order valence-corrected chi connectivity index (χ2v) is 10.8. The van der Waals surface area contributed by atoms with Crippen molar-refractivity contribution in [1.82, 2.24) is 19.9 Å². The zero-order valence-corrected chi connectivity index (χ0v) is 23.5. The molecule has 198 valence electrons. The van der Waals surface area contributed by atoms with Crippen molar-refractivity contribution in [3.63, 3.8) is 0 Å². The highest BCUT2D eigenvalue weighted by Crippen LogP contribution is 2.42. The van der Waals surface area contributed by atoms with Crippen molar-refractivity contribution in [1.29, 1.82) is 0 Å². The lowest BCUT2D eigenvalue weighted by atomic mass is 9.86. The van der Waals surface area contributed by atoms with Crippen LogP contribution < -0.4 is 0 Å². The summed E-state index contributed by atoms with van der Waals surface area (Å²) in [5.74, 6) is -0.634. The predicted octanol–water partition coefficient (Wildman–Crippen LogP) is 7.68. The van der Waals surface area contributed by atoms with Crippen LogP contribution in [0.2, 0.25) is 0 Å². The van der Waals surface area contributed by atoms with E-state index in [9.17, 15) is 9.90 Å². The van der Waals surface area contributed by atoms with Gasteiger partial charge in [0.2, 0.25) is 0 Å². The van der Waals surface area contributed by atoms with E-state index in [0.717, 1.165) is 68.8 Å². The Balaban J connectivity index is 1.92. The Morgan fingerprint density at radius 3 is 2.08 bits per heavy atom. The highest BCUT2D eigenvalue weighted by Gasteiger charge is 2.31. The van der Waals surface area contributed by atoms with Gasteiger partial charge in [0.25, 0.3) is 0 Å². The Morgan fingerprint density at radius 2 is 1.47 bits per heavy atom. The summed E-state index contributed by atoms with van der Waals surface area (Å²) in [6.45, 7) is 15.1. The molecule has 0 saturated carbocycles. The summed E-state index contributed by atoms with van der Waals surface area (Å²) in [7, 11) is 0. The Kier molecular flexibility index (Phi) is 6.76. The minimum Gasteiger partial charge on any atom is -0.481 e. The van der Waals surface area contributed by atoms with Crippen molar-refractivity contribution in [2.75, 3.05) is 0 Å². The van der Waals surface area contributed by atoms with Crippen LogP contribution in [0.15, 0.2) is 18.2 Å². The van der Waals surface area contributed by atoms with Gasteiger partial charge in [-0.3, -0.25) is 9.78 Å². The van der Waals surface area contributed by atoms with E-state index < -0.39 is 5.97 Å². The summed E-state index contributed by atoms with van der Waals surface area (Å²) in [6.07, 6.45) is 4.66. The first-order chi connectivity index (χ1) is 18.1. The monoisotopic (exact) mass is 510 g/mol. The van der Waals surface area contributed by atoms with Crippen molar-refractivity contribution in [2.45, 2.75) is 86.0 Å². The van der Waals surface area contributed by atoms with Gasteiger partial charge in [0.15, 0.2) is 0 Å². The van der Waals surface area contributed by atoms with Crippen LogP contribution in [-0.4, -0.2) is 31.0 Å². The molecule has 8 bridgehead atoms. The van der Waals surface area contributed by atoms with Crippen molar-refractivity contribution >= 4 is 39.7 Å². The van der Waals surface area contributed by atoms with Crippen molar-refractivity contribution in [3.8, 4) is 0 Å². The van der Waals surface area contributed by atoms with Crippen LogP contribution in [0, 0.1) is 20.8 Å². The third kappa shape index (κ3) is 4.36. The van der Waals surface area contributed by atoms with E-state index in [2.05, 4.69) is 82.7 Å². The number of carboxylic acids is 1. The second-order valence-electron chi connectivity index (χ2n) is 10.8. The molecule has 0 fully saturated rings. The topological polar surface area (TPSA) is 94.7 Å². The van der Waals surface area contributed by atoms with E-state index in [-0.39, 0.29) is 18.3 Å². The smallest absolute Gasteiger partial charge is 0.303 e. The number of aromatic amines is 2. The van der Waals surface area contributed by atoms with Gasteiger partial charge in [0, 0.05) is 51.7 Å². The van der Waals surface area contributed by atoms with Gasteiger partial charge in [-0.05, 0) is 105 Å². The first-order valence-corrected chi connectivity index (χ1v) is 13.8. The van der Waals surface area contributed by atoms with Gasteiger partial charge >= 0.3 is 5.97 Å². The van der Waals surface area contributed by atoms with Crippen molar-refractivity contribution in [2.24, 2.45) is 0 Å². The molecule has 2 atom stereocenters. The standard InChI is InChI=1S/C32H38N4O2/c1-8-21-18(5)27-15-30-22(9-2)17(4)26(34-30)14-28-19(6)23(10-11-31(37)38)32(36-28)20(7)25-12-16(3)24(33-25)13-29(21)35-27/h12-15,19,23,34-35H,8-11H2,1-7H3,(H,37,38). The fourth-order valence-electron chi connectivity index (χ4n) is 6.19. The molecule has 0 amide bonds. The van der Waals surface area contributed by atoms with Gasteiger partial charge in [0.1, 0.15) is 0 Å². The van der Waals surface area contributed by atoms with E-state index in [0.29, 0.717) is 6.42 Å². The number of fused-ring (bicyclic) bond motifs is 8. The lowest BCUT2D eigenvalue weighted by molar-refractivity contribution is -0.137. The number of hydrogen-bond acceptors (Lipinski definition) is 3. The van der Waals surface area contributed by atoms with Gasteiger partial charge in [-0.15, -0.1) is 0 Å². The maximum absolute atomic E-state index is 11.5. The van der Waals surface area contributed by atoms with Gasteiger partial charge in [-0.1, -0.05) is 20.8 Å². The Labute approximate surface area is 224 Å². The Hall–Kier alpha value is -3.67. The zero-order valence-electron chi connectivity index (χ0n) is 23.5. The molecule has 0 saturated heterocycles. The Bertz CT molecular complexity index is 1640. The van der Waals surface area contributed by atoms with E-state index in [4.69, 9.17) is 9.97 Å². The number of aryl methyl sites for hydroxylation is 4. The van der Waals surface area contributed by atoms with Crippen LogP contribution in [0.5, 0.6) is 0 Å². The molecule has 6 nitrogen and oxygen atoms in total. The van der Waals surface area contributed by atoms with Crippen LogP contribution >= 0.6 is 0 Å². The molecule has 5 heterocycles. The number of hydrogen-bond donors (Lipinski definition) is 3. The van der Waals surface area contributed by atoms with Crippen LogP contribution in [0.4, 0.5) is 0 Å². The van der Waals surface area contributed by atoms with Crippen molar-refractivity contribution in [3.05, 3.63) is 68.8 Å². The molecular formula is C32H38N4O2. The van der Waals surface area contributed by atoms with Crippen LogP contribution in [0.1, 0.15) is 103 Å². The number of aliphatic carboxylic acids is 1. The lowest BCUT2D eigenvalue weighted by Gasteiger charge is -2.16. The molecule has 38 heavy (non-hydrogen) atoms. The number of rotatable bonds is 5. The molecule has 5 rings (SSSR count). The summed E-state index contributed by atoms with van der Waals surface area (Å²) in [4.78, 5) is 29.1. The number of aromatic nitrogens is 4. The zero-order chi connectivity index (χ0) is 27.3. The fraction of sp³-hybridized carbons (Fsp3) is 0.406. The van der Waals surface area contributed by atoms with Crippen LogP contribution in [-0.2, 0) is 17.6 Å². The van der Waals surface area contributed by atoms with E-state index in [1.807, 2.05) is 0 Å². The minimum atomic E-state index is -0.774. The quantitative estimate of drug-likeness (QED) is 0.328. The van der Waals surface area contributed by atoms with Gasteiger partial charge in [-0.25, -0.2) is 4.98 Å². The minimum absolute atomic E-state index is 0.0318. The molecule has 3 aromatic heterocycles. The molecular weight excluding hydrogens is 472 g/mol. The van der Waals surface area contributed by atoms with E-state index in [1.54, 1.807) is 0 Å². The summed E-state index contributed by atoms with van der Waals surface area (Å²) in [5, 5.41) is 9.44. The fourth-order valence-corrected chi connectivity index (χ4v) is 6.19. The molecule has 2 aliphatic rings. The summed E-state index contributed by atoms with van der Waals surface area (Å²) in [5.41, 5.74) is 15.5. The molecule has 0 spiro atoms. The maximum atomic E-state index is 11.5. The molecule has 3 N–H and O–H groups in total. The largest absolute Gasteiger partial charge is 0.481 e. The molecule has 6 heteroatoms. The van der Waals surface area contributed by atoms with Crippen molar-refractivity contribution < 1.29 is 9.90 Å². The van der Waals surface area contributed by atoms with Gasteiger partial charge in [0.05, 0.1) is 11.4 Å². The van der Waals surface area contributed by atoms with E-state index in [1.165, 1.54) is 22.3 Å². The van der Waals surface area contributed by atoms with E-state index >= 15 is 0 Å².